The summed E-state index contributed by atoms with van der Waals surface area (Å²) in [6, 6.07) is -0.852. The number of nitrogens with one attached hydrogen (secondary N) is 1. The Morgan fingerprint density at radius 1 is 0.963 bits per heavy atom. The summed E-state index contributed by atoms with van der Waals surface area (Å²) in [6.07, 6.45) is 2.78. The first-order chi connectivity index (χ1) is 25.2. The Hall–Kier alpha value is -2.71. The van der Waals surface area contributed by atoms with Crippen LogP contribution in [0.3, 0.4) is 0 Å². The minimum atomic E-state index is -4.81. The molecule has 4 unspecified atom stereocenters. The van der Waals surface area contributed by atoms with Crippen molar-refractivity contribution in [3.05, 3.63) is 29.3 Å². The monoisotopic (exact) mass is 822 g/mol. The van der Waals surface area contributed by atoms with Crippen LogP contribution in [0, 0.1) is 28.6 Å². The number of phosphoric acid groups is 1. The van der Waals surface area contributed by atoms with Gasteiger partial charge in [-0.3, -0.25) is 23.3 Å². The highest BCUT2D eigenvalue weighted by Gasteiger charge is 2.76. The number of rotatable bonds is 4. The second-order valence-electron chi connectivity index (χ2n) is 17.2. The number of anilines is 2. The molecule has 5 fully saturated rings. The van der Waals surface area contributed by atoms with E-state index in [-0.39, 0.29) is 65.0 Å². The minimum absolute atomic E-state index is 0.0780. The van der Waals surface area contributed by atoms with Gasteiger partial charge in [-0.05, 0) is 42.8 Å². The van der Waals surface area contributed by atoms with Crippen LogP contribution >= 0.6 is 26.9 Å². The van der Waals surface area contributed by atoms with Crippen molar-refractivity contribution in [3.8, 4) is 0 Å². The Morgan fingerprint density at radius 2 is 1.59 bits per heavy atom. The van der Waals surface area contributed by atoms with E-state index in [0.29, 0.717) is 24.0 Å². The molecule has 4 saturated carbocycles. The van der Waals surface area contributed by atoms with Gasteiger partial charge in [0.25, 0.3) is 5.56 Å². The summed E-state index contributed by atoms with van der Waals surface area (Å²) in [7, 11) is -7.45. The van der Waals surface area contributed by atoms with Gasteiger partial charge in [0.15, 0.2) is 30.9 Å². The second-order valence-corrected chi connectivity index (χ2v) is 26.2. The van der Waals surface area contributed by atoms with Gasteiger partial charge in [0, 0.05) is 22.8 Å². The Morgan fingerprint density at radius 3 is 2.30 bits per heavy atom. The lowest BCUT2D eigenvalue weighted by atomic mass is 9.94. The number of nitrogen functional groups attached to an aromatic ring is 2. The number of aromatic amines is 1. The second kappa shape index (κ2) is 11.7. The molecule has 0 aromatic carbocycles. The van der Waals surface area contributed by atoms with E-state index in [1.165, 1.54) is 12.7 Å². The van der Waals surface area contributed by atoms with Crippen molar-refractivity contribution in [1.82, 2.24) is 39.0 Å². The zero-order valence-electron chi connectivity index (χ0n) is 30.5. The lowest BCUT2D eigenvalue weighted by Crippen LogP contribution is -2.50. The molecule has 0 radical (unpaired) electrons. The van der Waals surface area contributed by atoms with Crippen LogP contribution in [0.2, 0.25) is 18.1 Å². The SMILES string of the molecule is C[C@H]1[C@H](n2cnc3c(N)ncnc32)[C@H]2CC23COP(=O)(O)O[C@H]2[C@@H](O[Si](C)(C)C(C)(C)C)[C@H](n4cnc5c(=O)[nH]c(N)nc54)[C@H]4CC42COP(=O)(S)O[C@@H]13. The van der Waals surface area contributed by atoms with Crippen LogP contribution in [0.25, 0.3) is 22.3 Å². The number of nitrogens with two attached hydrogens (primary N) is 2. The molecule has 4 aromatic rings. The molecule has 5 aliphatic rings. The Balaban J connectivity index is 1.10. The van der Waals surface area contributed by atoms with Gasteiger partial charge < -0.3 is 34.4 Å². The number of aromatic nitrogens is 8. The van der Waals surface area contributed by atoms with Crippen molar-refractivity contribution >= 4 is 69.3 Å². The van der Waals surface area contributed by atoms with E-state index in [0.717, 1.165) is 0 Å². The minimum Gasteiger partial charge on any atom is -0.409 e. The third-order valence-electron chi connectivity index (χ3n) is 13.2. The predicted octanol–water partition coefficient (Wildman–Crippen LogP) is 4.23. The molecule has 5 heterocycles. The standard InChI is InChI=1S/C31H44N10O9P2SSi/c1-14-19(40-12-36-17-24(32)34-11-35-25(17)40)15-7-30(15)9-46-51(43,44)48-23-21(50-54(5,6)29(2,3)4)20(41-13-37-18-26(41)38-28(33)39-27(18)42)16-8-31(16,23)10-47-52(45,53)49-22(14)30/h11-16,19-23H,7-10H2,1-6H3,(H,43,44)(H,45,53)(H2,32,34,35)(H3,33,38,39,42)/t14-,15+,16+,19-,20+,21-,22-,23-,30?,31?,52?/m0/s1. The van der Waals surface area contributed by atoms with Crippen molar-refractivity contribution in [3.63, 3.8) is 0 Å². The fourth-order valence-corrected chi connectivity index (χ4v) is 13.4. The molecule has 4 aromatic heterocycles. The maximum Gasteiger partial charge on any atom is 0.472 e. The molecule has 0 bridgehead atoms. The first kappa shape index (κ1) is 36.9. The average molecular weight is 823 g/mol. The first-order valence-corrected chi connectivity index (χ1v) is 24.9. The molecule has 6 N–H and O–H groups in total. The molecule has 2 spiro atoms. The van der Waals surface area contributed by atoms with Crippen LogP contribution in [0.15, 0.2) is 23.8 Å². The number of thiol groups is 1. The Labute approximate surface area is 315 Å². The highest BCUT2D eigenvalue weighted by molar-refractivity contribution is 8.44. The molecule has 1 saturated heterocycles. The zero-order chi connectivity index (χ0) is 38.5. The van der Waals surface area contributed by atoms with E-state index in [4.69, 9.17) is 34.0 Å². The first-order valence-electron chi connectivity index (χ1n) is 17.8. The molecular weight excluding hydrogens is 779 g/mol. The van der Waals surface area contributed by atoms with Crippen LogP contribution in [0.4, 0.5) is 11.8 Å². The number of H-pyrrole nitrogens is 1. The maximum absolute atomic E-state index is 14.3. The summed E-state index contributed by atoms with van der Waals surface area (Å²) in [5.74, 6) is -0.604. The summed E-state index contributed by atoms with van der Waals surface area (Å²) < 4.78 is 64.1. The van der Waals surface area contributed by atoms with E-state index >= 15 is 0 Å². The van der Waals surface area contributed by atoms with Crippen LogP contribution in [0.1, 0.15) is 52.6 Å². The van der Waals surface area contributed by atoms with Gasteiger partial charge in [-0.15, -0.1) is 0 Å². The van der Waals surface area contributed by atoms with Gasteiger partial charge >= 0.3 is 14.6 Å². The molecule has 12 atom stereocenters. The third-order valence-corrected chi connectivity index (χ3v) is 20.2. The lowest BCUT2D eigenvalue weighted by Gasteiger charge is -2.43. The van der Waals surface area contributed by atoms with Gasteiger partial charge in [-0.2, -0.15) is 4.98 Å². The molecule has 1 aliphatic heterocycles. The number of phosphoric ester groups is 1. The predicted molar refractivity (Wildman–Crippen MR) is 201 cm³/mol. The van der Waals surface area contributed by atoms with E-state index in [1.54, 1.807) is 10.9 Å². The van der Waals surface area contributed by atoms with Gasteiger partial charge in [0.1, 0.15) is 17.9 Å². The van der Waals surface area contributed by atoms with Gasteiger partial charge in [-0.1, -0.05) is 39.9 Å². The van der Waals surface area contributed by atoms with Crippen LogP contribution in [0.5, 0.6) is 0 Å². The molecule has 23 heteroatoms. The number of fused-ring (bicyclic) bond motifs is 2. The van der Waals surface area contributed by atoms with E-state index in [2.05, 4.69) is 76.0 Å². The van der Waals surface area contributed by atoms with E-state index in [9.17, 15) is 18.8 Å². The molecule has 4 aliphatic carbocycles. The zero-order valence-corrected chi connectivity index (χ0v) is 34.2. The van der Waals surface area contributed by atoms with Crippen molar-refractivity contribution in [2.24, 2.45) is 28.6 Å². The van der Waals surface area contributed by atoms with E-state index < -0.39 is 63.7 Å². The fourth-order valence-electron chi connectivity index (χ4n) is 9.39. The van der Waals surface area contributed by atoms with Gasteiger partial charge in [-0.25, -0.2) is 29.1 Å². The normalized spacial score (nSPS) is 40.7. The largest absolute Gasteiger partial charge is 0.472 e. The van der Waals surface area contributed by atoms with Crippen molar-refractivity contribution in [1.29, 1.82) is 0 Å². The number of nitrogens with zero attached hydrogens (tertiary/aromatic N) is 7. The smallest absolute Gasteiger partial charge is 0.409 e. The van der Waals surface area contributed by atoms with Crippen LogP contribution in [-0.2, 0) is 31.7 Å². The molecule has 19 nitrogen and oxygen atoms in total. The topological polar surface area (TPSA) is 260 Å². The van der Waals surface area contributed by atoms with Crippen LogP contribution in [-0.4, -0.2) is 83.8 Å². The third kappa shape index (κ3) is 5.44. The Kier molecular flexibility index (Phi) is 7.98. The summed E-state index contributed by atoms with van der Waals surface area (Å²) in [5.41, 5.74) is 11.0. The highest BCUT2D eigenvalue weighted by Crippen LogP contribution is 2.77. The van der Waals surface area contributed by atoms with E-state index in [1.807, 2.05) is 11.5 Å². The van der Waals surface area contributed by atoms with Gasteiger partial charge in [0.05, 0.1) is 44.1 Å². The number of hydrogen-bond acceptors (Lipinski definition) is 15. The molecule has 0 amide bonds. The maximum atomic E-state index is 14.3. The summed E-state index contributed by atoms with van der Waals surface area (Å²) in [6.45, 7) is 7.83. The number of hydrogen-bond donors (Lipinski definition) is 5. The fraction of sp³-hybridized carbons (Fsp3) is 0.677. The highest BCUT2D eigenvalue weighted by atomic mass is 32.7. The summed E-state index contributed by atoms with van der Waals surface area (Å²) in [4.78, 5) is 48.6. The molecule has 54 heavy (non-hydrogen) atoms. The lowest BCUT2D eigenvalue weighted by molar-refractivity contribution is -0.0388. The summed E-state index contributed by atoms with van der Waals surface area (Å²) in [5, 5.41) is -0.270. The van der Waals surface area contributed by atoms with Crippen LogP contribution < -0.4 is 17.0 Å². The quantitative estimate of drug-likeness (QED) is 0.110. The molecule has 292 valence electrons. The average Bonchev–Trinajstić information content (AvgIpc) is 3.77. The van der Waals surface area contributed by atoms with Crippen molar-refractivity contribution < 1.29 is 36.5 Å². The van der Waals surface area contributed by atoms with Crippen molar-refractivity contribution in [2.45, 2.75) is 89.1 Å². The van der Waals surface area contributed by atoms with Gasteiger partial charge in [0.2, 0.25) is 5.95 Å². The number of imidazole rings is 2. The summed E-state index contributed by atoms with van der Waals surface area (Å²) >= 11 is 4.50. The molecular formula is C31H44N10O9P2SSi. The Bertz CT molecular complexity index is 2370. The van der Waals surface area contributed by atoms with Crippen molar-refractivity contribution in [2.75, 3.05) is 24.7 Å². The molecule has 9 rings (SSSR count).